The number of benzene rings is 1. The molecule has 1 atom stereocenters. The third-order valence-electron chi connectivity index (χ3n) is 3.46. The van der Waals surface area contributed by atoms with Gasteiger partial charge in [0.25, 0.3) is 0 Å². The van der Waals surface area contributed by atoms with Crippen molar-refractivity contribution in [3.05, 3.63) is 34.9 Å². The van der Waals surface area contributed by atoms with E-state index in [1.54, 1.807) is 17.0 Å². The molecule has 104 valence electrons. The van der Waals surface area contributed by atoms with E-state index in [0.29, 0.717) is 37.4 Å². The first kappa shape index (κ1) is 14.3. The fraction of sp³-hybridized carbons (Fsp3) is 0.500. The van der Waals surface area contributed by atoms with Gasteiger partial charge in [-0.15, -0.1) is 0 Å². The van der Waals surface area contributed by atoms with Crippen LogP contribution in [0.1, 0.15) is 18.4 Å². The molecule has 0 bridgehead atoms. The van der Waals surface area contributed by atoms with Crippen LogP contribution in [-0.2, 0) is 11.2 Å². The second kappa shape index (κ2) is 6.37. The third-order valence-corrected chi connectivity index (χ3v) is 3.71. The molecule has 5 heteroatoms. The molecule has 1 saturated heterocycles. The van der Waals surface area contributed by atoms with Gasteiger partial charge in [-0.3, -0.25) is 4.79 Å². The maximum Gasteiger partial charge on any atom is 0.239 e. The summed E-state index contributed by atoms with van der Waals surface area (Å²) in [5, 5.41) is 10.1. The van der Waals surface area contributed by atoms with Crippen LogP contribution in [0.3, 0.4) is 0 Å². The van der Waals surface area contributed by atoms with Gasteiger partial charge in [0.05, 0.1) is 12.1 Å². The Balaban J connectivity index is 1.90. The SMILES string of the molecule is N[C@@H](Cc1ccc(Cl)cc1)C(=O)N1CCC(O)CC1. The van der Waals surface area contributed by atoms with Crippen LogP contribution in [0.4, 0.5) is 0 Å². The summed E-state index contributed by atoms with van der Waals surface area (Å²) in [6, 6.07) is 6.83. The van der Waals surface area contributed by atoms with E-state index in [-0.39, 0.29) is 12.0 Å². The summed E-state index contributed by atoms with van der Waals surface area (Å²) in [6.07, 6.45) is 1.50. The maximum absolute atomic E-state index is 12.2. The molecule has 3 N–H and O–H groups in total. The van der Waals surface area contributed by atoms with Crippen molar-refractivity contribution in [3.63, 3.8) is 0 Å². The van der Waals surface area contributed by atoms with Crippen molar-refractivity contribution < 1.29 is 9.90 Å². The molecular weight excluding hydrogens is 264 g/mol. The zero-order chi connectivity index (χ0) is 13.8. The lowest BCUT2D eigenvalue weighted by atomic mass is 10.0. The Morgan fingerprint density at radius 1 is 1.37 bits per heavy atom. The van der Waals surface area contributed by atoms with E-state index in [4.69, 9.17) is 17.3 Å². The summed E-state index contributed by atoms with van der Waals surface area (Å²) in [5.41, 5.74) is 6.97. The molecule has 2 rings (SSSR count). The molecule has 0 saturated carbocycles. The van der Waals surface area contributed by atoms with Crippen LogP contribution < -0.4 is 5.73 Å². The summed E-state index contributed by atoms with van der Waals surface area (Å²) in [5.74, 6) is -0.0400. The zero-order valence-corrected chi connectivity index (χ0v) is 11.5. The number of carbonyl (C=O) groups is 1. The number of halogens is 1. The Morgan fingerprint density at radius 2 is 1.95 bits per heavy atom. The molecule has 1 fully saturated rings. The summed E-state index contributed by atoms with van der Waals surface area (Å²) >= 11 is 5.82. The van der Waals surface area contributed by atoms with Crippen molar-refractivity contribution in [3.8, 4) is 0 Å². The molecule has 1 aliphatic heterocycles. The van der Waals surface area contributed by atoms with E-state index in [0.717, 1.165) is 5.56 Å². The Kier molecular flexibility index (Phi) is 4.80. The van der Waals surface area contributed by atoms with E-state index in [9.17, 15) is 9.90 Å². The number of amides is 1. The van der Waals surface area contributed by atoms with Gasteiger partial charge in [-0.1, -0.05) is 23.7 Å². The summed E-state index contributed by atoms with van der Waals surface area (Å²) in [4.78, 5) is 13.9. The van der Waals surface area contributed by atoms with Crippen LogP contribution in [0.5, 0.6) is 0 Å². The van der Waals surface area contributed by atoms with E-state index in [2.05, 4.69) is 0 Å². The van der Waals surface area contributed by atoms with Gasteiger partial charge < -0.3 is 15.7 Å². The average Bonchev–Trinajstić information content (AvgIpc) is 2.41. The first-order chi connectivity index (χ1) is 9.06. The number of nitrogens with zero attached hydrogens (tertiary/aromatic N) is 1. The lowest BCUT2D eigenvalue weighted by Crippen LogP contribution is -2.48. The Labute approximate surface area is 118 Å². The highest BCUT2D eigenvalue weighted by atomic mass is 35.5. The van der Waals surface area contributed by atoms with Crippen molar-refractivity contribution in [2.24, 2.45) is 5.73 Å². The minimum Gasteiger partial charge on any atom is -0.393 e. The van der Waals surface area contributed by atoms with Crippen LogP contribution in [0.15, 0.2) is 24.3 Å². The molecule has 0 aromatic heterocycles. The Bertz CT molecular complexity index is 428. The largest absolute Gasteiger partial charge is 0.393 e. The number of likely N-dealkylation sites (tertiary alicyclic amines) is 1. The van der Waals surface area contributed by atoms with Crippen LogP contribution in [0, 0.1) is 0 Å². The highest BCUT2D eigenvalue weighted by Gasteiger charge is 2.25. The number of carbonyl (C=O) groups excluding carboxylic acids is 1. The summed E-state index contributed by atoms with van der Waals surface area (Å²) in [7, 11) is 0. The van der Waals surface area contributed by atoms with Gasteiger partial charge in [-0.05, 0) is 37.0 Å². The molecular formula is C14H19ClN2O2. The van der Waals surface area contributed by atoms with Gasteiger partial charge in [0, 0.05) is 18.1 Å². The van der Waals surface area contributed by atoms with Gasteiger partial charge >= 0.3 is 0 Å². The van der Waals surface area contributed by atoms with Crippen LogP contribution in [0.2, 0.25) is 5.02 Å². The highest BCUT2D eigenvalue weighted by molar-refractivity contribution is 6.30. The first-order valence-electron chi connectivity index (χ1n) is 6.53. The molecule has 0 aliphatic carbocycles. The second-order valence-corrected chi connectivity index (χ2v) is 5.43. The monoisotopic (exact) mass is 282 g/mol. The Morgan fingerprint density at radius 3 is 2.53 bits per heavy atom. The summed E-state index contributed by atoms with van der Waals surface area (Å²) in [6.45, 7) is 1.18. The minimum absolute atomic E-state index is 0.0400. The van der Waals surface area contributed by atoms with E-state index < -0.39 is 6.04 Å². The van der Waals surface area contributed by atoms with Gasteiger partial charge in [-0.25, -0.2) is 0 Å². The number of piperidine rings is 1. The quantitative estimate of drug-likeness (QED) is 0.875. The molecule has 1 aromatic carbocycles. The van der Waals surface area contributed by atoms with Crippen molar-refractivity contribution >= 4 is 17.5 Å². The molecule has 1 aliphatic rings. The number of rotatable bonds is 3. The van der Waals surface area contributed by atoms with Crippen molar-refractivity contribution in [2.45, 2.75) is 31.4 Å². The molecule has 4 nitrogen and oxygen atoms in total. The number of aliphatic hydroxyl groups excluding tert-OH is 1. The zero-order valence-electron chi connectivity index (χ0n) is 10.8. The molecule has 0 spiro atoms. The van der Waals surface area contributed by atoms with Gasteiger partial charge in [0.15, 0.2) is 0 Å². The number of hydrogen-bond donors (Lipinski definition) is 2. The lowest BCUT2D eigenvalue weighted by molar-refractivity contribution is -0.134. The van der Waals surface area contributed by atoms with Crippen molar-refractivity contribution in [1.82, 2.24) is 4.90 Å². The first-order valence-corrected chi connectivity index (χ1v) is 6.91. The molecule has 1 heterocycles. The standard InChI is InChI=1S/C14H19ClN2O2/c15-11-3-1-10(2-4-11)9-13(16)14(19)17-7-5-12(18)6-8-17/h1-4,12-13,18H,5-9,16H2/t13-/m0/s1. The normalized spacial score (nSPS) is 18.4. The fourth-order valence-electron chi connectivity index (χ4n) is 2.28. The topological polar surface area (TPSA) is 66.6 Å². The van der Waals surface area contributed by atoms with Crippen molar-refractivity contribution in [1.29, 1.82) is 0 Å². The maximum atomic E-state index is 12.2. The van der Waals surface area contributed by atoms with E-state index in [1.807, 2.05) is 12.1 Å². The molecule has 1 amide bonds. The van der Waals surface area contributed by atoms with E-state index >= 15 is 0 Å². The van der Waals surface area contributed by atoms with Crippen LogP contribution in [0.25, 0.3) is 0 Å². The van der Waals surface area contributed by atoms with Crippen molar-refractivity contribution in [2.75, 3.05) is 13.1 Å². The second-order valence-electron chi connectivity index (χ2n) is 4.99. The minimum atomic E-state index is -0.531. The molecule has 0 radical (unpaired) electrons. The van der Waals surface area contributed by atoms with Gasteiger partial charge in [0.1, 0.15) is 0 Å². The predicted molar refractivity (Wildman–Crippen MR) is 75.0 cm³/mol. The van der Waals surface area contributed by atoms with Crippen LogP contribution >= 0.6 is 11.6 Å². The lowest BCUT2D eigenvalue weighted by Gasteiger charge is -2.31. The third kappa shape index (κ3) is 3.93. The summed E-state index contributed by atoms with van der Waals surface area (Å²) < 4.78 is 0. The van der Waals surface area contributed by atoms with E-state index in [1.165, 1.54) is 0 Å². The molecule has 19 heavy (non-hydrogen) atoms. The van der Waals surface area contributed by atoms with Gasteiger partial charge in [0.2, 0.25) is 5.91 Å². The number of hydrogen-bond acceptors (Lipinski definition) is 3. The molecule has 1 aromatic rings. The van der Waals surface area contributed by atoms with Gasteiger partial charge in [-0.2, -0.15) is 0 Å². The fourth-order valence-corrected chi connectivity index (χ4v) is 2.41. The Hall–Kier alpha value is -1.10. The predicted octanol–water partition coefficient (Wildman–Crippen LogP) is 1.19. The highest BCUT2D eigenvalue weighted by Crippen LogP contribution is 2.14. The number of aliphatic hydroxyl groups is 1. The smallest absolute Gasteiger partial charge is 0.239 e. The van der Waals surface area contributed by atoms with Crippen LogP contribution in [-0.4, -0.2) is 41.1 Å². The molecule has 0 unspecified atom stereocenters. The number of nitrogens with two attached hydrogens (primary N) is 1. The average molecular weight is 283 g/mol.